The Balaban J connectivity index is 2.96. The van der Waals surface area contributed by atoms with Crippen molar-refractivity contribution < 1.29 is 0 Å². The molecule has 0 saturated heterocycles. The normalized spacial score (nSPS) is 10.7. The average Bonchev–Trinajstić information content (AvgIpc) is 2.34. The minimum absolute atomic E-state index is 1.00. The first-order valence-corrected chi connectivity index (χ1v) is 4.29. The van der Waals surface area contributed by atoms with Crippen LogP contribution < -0.4 is 0 Å². The molecule has 0 aliphatic heterocycles. The molecule has 2 heterocycles. The molecule has 0 aliphatic carbocycles. The van der Waals surface area contributed by atoms with Gasteiger partial charge in [-0.3, -0.25) is 4.68 Å². The number of nitrogens with zero attached hydrogens (tertiary/aromatic N) is 3. The van der Waals surface area contributed by atoms with Gasteiger partial charge in [-0.25, -0.2) is 4.98 Å². The molecule has 0 aliphatic rings. The monoisotopic (exact) mass is 259 g/mol. The van der Waals surface area contributed by atoms with Crippen LogP contribution in [0.3, 0.4) is 0 Å². The summed E-state index contributed by atoms with van der Waals surface area (Å²) >= 11 is 2.21. The smallest absolute Gasteiger partial charge is 0.127 e. The Morgan fingerprint density at radius 3 is 3.09 bits per heavy atom. The molecule has 3 nitrogen and oxygen atoms in total. The van der Waals surface area contributed by atoms with Crippen LogP contribution in [0.15, 0.2) is 18.5 Å². The molecule has 11 heavy (non-hydrogen) atoms. The van der Waals surface area contributed by atoms with Crippen LogP contribution in [0.5, 0.6) is 0 Å². The van der Waals surface area contributed by atoms with Crippen molar-refractivity contribution in [3.05, 3.63) is 22.2 Å². The van der Waals surface area contributed by atoms with Crippen LogP contribution in [0.4, 0.5) is 0 Å². The van der Waals surface area contributed by atoms with Crippen molar-refractivity contribution >= 4 is 33.5 Å². The molecular formula is C7H6IN3. The van der Waals surface area contributed by atoms with Crippen LogP contribution in [0.1, 0.15) is 0 Å². The van der Waals surface area contributed by atoms with E-state index < -0.39 is 0 Å². The summed E-state index contributed by atoms with van der Waals surface area (Å²) in [6.45, 7) is 0. The predicted octanol–water partition coefficient (Wildman–Crippen LogP) is 1.57. The minimum atomic E-state index is 1.00. The van der Waals surface area contributed by atoms with E-state index in [0.29, 0.717) is 0 Å². The molecule has 0 aromatic carbocycles. The Kier molecular flexibility index (Phi) is 1.56. The molecule has 2 aromatic rings. The number of hydrogen-bond acceptors (Lipinski definition) is 2. The van der Waals surface area contributed by atoms with Gasteiger partial charge in [0.15, 0.2) is 0 Å². The van der Waals surface area contributed by atoms with E-state index in [0.717, 1.165) is 14.6 Å². The Morgan fingerprint density at radius 1 is 1.55 bits per heavy atom. The van der Waals surface area contributed by atoms with Crippen LogP contribution in [-0.4, -0.2) is 14.8 Å². The van der Waals surface area contributed by atoms with Crippen LogP contribution in [0, 0.1) is 3.70 Å². The van der Waals surface area contributed by atoms with E-state index in [2.05, 4.69) is 32.7 Å². The summed E-state index contributed by atoms with van der Waals surface area (Å²) in [6.07, 6.45) is 3.64. The van der Waals surface area contributed by atoms with Gasteiger partial charge in [-0.2, -0.15) is 5.10 Å². The third kappa shape index (κ3) is 1.01. The average molecular weight is 259 g/mol. The Bertz CT molecular complexity index is 393. The highest BCUT2D eigenvalue weighted by molar-refractivity contribution is 14.1. The maximum absolute atomic E-state index is 4.17. The fourth-order valence-corrected chi connectivity index (χ4v) is 1.89. The van der Waals surface area contributed by atoms with Gasteiger partial charge < -0.3 is 0 Å². The molecule has 0 unspecified atom stereocenters. The summed E-state index contributed by atoms with van der Waals surface area (Å²) in [7, 11) is 1.92. The topological polar surface area (TPSA) is 30.7 Å². The lowest BCUT2D eigenvalue weighted by Gasteiger charge is -1.94. The lowest BCUT2D eigenvalue weighted by Crippen LogP contribution is -1.92. The van der Waals surface area contributed by atoms with Crippen molar-refractivity contribution in [3.63, 3.8) is 0 Å². The summed E-state index contributed by atoms with van der Waals surface area (Å²) in [4.78, 5) is 4.17. The lowest BCUT2D eigenvalue weighted by atomic mass is 10.3. The van der Waals surface area contributed by atoms with Gasteiger partial charge >= 0.3 is 0 Å². The SMILES string of the molecule is Cn1ncc2ccnc(I)c21. The van der Waals surface area contributed by atoms with Crippen LogP contribution in [0.2, 0.25) is 0 Å². The highest BCUT2D eigenvalue weighted by atomic mass is 127. The van der Waals surface area contributed by atoms with E-state index in [-0.39, 0.29) is 0 Å². The fourth-order valence-electron chi connectivity index (χ4n) is 1.07. The number of aryl methyl sites for hydroxylation is 1. The number of halogens is 1. The van der Waals surface area contributed by atoms with Crippen molar-refractivity contribution in [2.75, 3.05) is 0 Å². The van der Waals surface area contributed by atoms with Gasteiger partial charge in [0.25, 0.3) is 0 Å². The molecule has 56 valence electrons. The van der Waals surface area contributed by atoms with E-state index in [1.165, 1.54) is 0 Å². The van der Waals surface area contributed by atoms with Crippen molar-refractivity contribution in [3.8, 4) is 0 Å². The van der Waals surface area contributed by atoms with Crippen molar-refractivity contribution in [2.24, 2.45) is 7.05 Å². The molecule has 0 N–H and O–H groups in total. The van der Waals surface area contributed by atoms with Crippen LogP contribution in [-0.2, 0) is 7.05 Å². The van der Waals surface area contributed by atoms with Crippen molar-refractivity contribution in [2.45, 2.75) is 0 Å². The van der Waals surface area contributed by atoms with Gasteiger partial charge in [0, 0.05) is 18.6 Å². The maximum Gasteiger partial charge on any atom is 0.127 e. The first kappa shape index (κ1) is 7.02. The number of aromatic nitrogens is 3. The number of hydrogen-bond donors (Lipinski definition) is 0. The molecule has 2 aromatic heterocycles. The molecular weight excluding hydrogens is 253 g/mol. The second kappa shape index (κ2) is 2.44. The van der Waals surface area contributed by atoms with Gasteiger partial charge in [-0.05, 0) is 28.7 Å². The standard InChI is InChI=1S/C7H6IN3/c1-11-6-5(4-10-11)2-3-9-7(6)8/h2-4H,1H3. The van der Waals surface area contributed by atoms with Gasteiger partial charge in [0.1, 0.15) is 3.70 Å². The first-order valence-electron chi connectivity index (χ1n) is 3.21. The third-order valence-electron chi connectivity index (χ3n) is 1.60. The molecule has 0 bridgehead atoms. The molecule has 0 atom stereocenters. The molecule has 0 saturated carbocycles. The van der Waals surface area contributed by atoms with Crippen LogP contribution in [0.25, 0.3) is 10.9 Å². The predicted molar refractivity (Wildman–Crippen MR) is 51.2 cm³/mol. The van der Waals surface area contributed by atoms with Gasteiger partial charge in [0.2, 0.25) is 0 Å². The summed E-state index contributed by atoms with van der Waals surface area (Å²) in [6, 6.07) is 1.96. The molecule has 0 fully saturated rings. The summed E-state index contributed by atoms with van der Waals surface area (Å²) in [5.74, 6) is 0. The van der Waals surface area contributed by atoms with E-state index in [9.17, 15) is 0 Å². The van der Waals surface area contributed by atoms with Gasteiger partial charge in [-0.1, -0.05) is 0 Å². The van der Waals surface area contributed by atoms with Crippen LogP contribution >= 0.6 is 22.6 Å². The van der Waals surface area contributed by atoms with Gasteiger partial charge in [0.05, 0.1) is 11.7 Å². The maximum atomic E-state index is 4.17. The zero-order chi connectivity index (χ0) is 7.84. The van der Waals surface area contributed by atoms with E-state index in [1.807, 2.05) is 24.0 Å². The minimum Gasteiger partial charge on any atom is -0.265 e. The van der Waals surface area contributed by atoms with Crippen molar-refractivity contribution in [1.29, 1.82) is 0 Å². The van der Waals surface area contributed by atoms with E-state index >= 15 is 0 Å². The van der Waals surface area contributed by atoms with E-state index in [4.69, 9.17) is 0 Å². The zero-order valence-corrected chi connectivity index (χ0v) is 8.11. The fraction of sp³-hybridized carbons (Fsp3) is 0.143. The van der Waals surface area contributed by atoms with E-state index in [1.54, 1.807) is 6.20 Å². The van der Waals surface area contributed by atoms with Crippen molar-refractivity contribution in [1.82, 2.24) is 14.8 Å². The Hall–Kier alpha value is -0.650. The number of pyridine rings is 1. The molecule has 0 amide bonds. The summed E-state index contributed by atoms with van der Waals surface area (Å²) in [5, 5.41) is 5.27. The second-order valence-electron chi connectivity index (χ2n) is 2.31. The highest BCUT2D eigenvalue weighted by Gasteiger charge is 2.02. The highest BCUT2D eigenvalue weighted by Crippen LogP contribution is 2.16. The molecule has 0 radical (unpaired) electrons. The second-order valence-corrected chi connectivity index (χ2v) is 3.33. The molecule has 2 rings (SSSR count). The lowest BCUT2D eigenvalue weighted by molar-refractivity contribution is 0.793. The Morgan fingerprint density at radius 2 is 2.36 bits per heavy atom. The summed E-state index contributed by atoms with van der Waals surface area (Å²) < 4.78 is 2.84. The number of rotatable bonds is 0. The molecule has 4 heteroatoms. The third-order valence-corrected chi connectivity index (χ3v) is 2.39. The Labute approximate surface area is 77.6 Å². The quantitative estimate of drug-likeness (QED) is 0.531. The zero-order valence-electron chi connectivity index (χ0n) is 5.95. The van der Waals surface area contributed by atoms with Gasteiger partial charge in [-0.15, -0.1) is 0 Å². The largest absolute Gasteiger partial charge is 0.265 e. The first-order chi connectivity index (χ1) is 5.29. The summed E-state index contributed by atoms with van der Waals surface area (Å²) in [5.41, 5.74) is 1.10. The molecule has 0 spiro atoms. The number of fused-ring (bicyclic) bond motifs is 1.